The number of nitro benzene ring substituents is 1. The van der Waals surface area contributed by atoms with Crippen LogP contribution in [0, 0.1) is 17.0 Å². The lowest BCUT2D eigenvalue weighted by Crippen LogP contribution is -2.15. The molecule has 0 amide bonds. The molecule has 0 aliphatic carbocycles. The van der Waals surface area contributed by atoms with Gasteiger partial charge in [0.25, 0.3) is 5.69 Å². The van der Waals surface area contributed by atoms with Crippen molar-refractivity contribution in [3.63, 3.8) is 0 Å². The highest BCUT2D eigenvalue weighted by Gasteiger charge is 2.15. The molecule has 1 unspecified atom stereocenters. The summed E-state index contributed by atoms with van der Waals surface area (Å²) in [6.45, 7) is 6.10. The summed E-state index contributed by atoms with van der Waals surface area (Å²) in [6, 6.07) is 5.57. The summed E-state index contributed by atoms with van der Waals surface area (Å²) in [5, 5.41) is 14.2. The topological polar surface area (TPSA) is 55.2 Å². The maximum atomic E-state index is 11.0. The lowest BCUT2D eigenvalue weighted by molar-refractivity contribution is -0.384. The average molecular weight is 250 g/mol. The third-order valence-electron chi connectivity index (χ3n) is 2.99. The fraction of sp³-hybridized carbons (Fsp3) is 0.571. The first-order valence-electron chi connectivity index (χ1n) is 6.56. The summed E-state index contributed by atoms with van der Waals surface area (Å²) in [6.07, 6.45) is 4.60. The van der Waals surface area contributed by atoms with Crippen LogP contribution in [0.3, 0.4) is 0 Å². The Balaban J connectivity index is 2.68. The highest BCUT2D eigenvalue weighted by Crippen LogP contribution is 2.26. The minimum absolute atomic E-state index is 0.164. The van der Waals surface area contributed by atoms with Gasteiger partial charge >= 0.3 is 0 Å². The number of rotatable bonds is 7. The number of hydrogen-bond donors (Lipinski definition) is 1. The second-order valence-electron chi connectivity index (χ2n) is 4.82. The van der Waals surface area contributed by atoms with Crippen molar-refractivity contribution in [2.45, 2.75) is 52.5 Å². The Morgan fingerprint density at radius 1 is 1.39 bits per heavy atom. The van der Waals surface area contributed by atoms with E-state index in [1.54, 1.807) is 12.1 Å². The minimum atomic E-state index is -0.325. The molecule has 1 N–H and O–H groups in total. The Kier molecular flexibility index (Phi) is 5.62. The number of nitro groups is 1. The van der Waals surface area contributed by atoms with Gasteiger partial charge in [-0.05, 0) is 31.9 Å². The van der Waals surface area contributed by atoms with Crippen LogP contribution in [0.2, 0.25) is 0 Å². The van der Waals surface area contributed by atoms with Crippen LogP contribution in [0.15, 0.2) is 18.2 Å². The van der Waals surface area contributed by atoms with Crippen molar-refractivity contribution < 1.29 is 4.92 Å². The zero-order valence-electron chi connectivity index (χ0n) is 11.4. The highest BCUT2D eigenvalue weighted by atomic mass is 16.6. The molecule has 1 aromatic carbocycles. The quantitative estimate of drug-likeness (QED) is 0.446. The lowest BCUT2D eigenvalue weighted by atomic mass is 10.1. The molecular formula is C14H22N2O2. The summed E-state index contributed by atoms with van der Waals surface area (Å²) < 4.78 is 0. The van der Waals surface area contributed by atoms with E-state index in [1.807, 2.05) is 13.0 Å². The third kappa shape index (κ3) is 4.35. The Hall–Kier alpha value is -1.58. The molecule has 0 radical (unpaired) electrons. The van der Waals surface area contributed by atoms with Crippen molar-refractivity contribution in [1.82, 2.24) is 0 Å². The van der Waals surface area contributed by atoms with Gasteiger partial charge in [-0.25, -0.2) is 0 Å². The molecule has 0 saturated carbocycles. The van der Waals surface area contributed by atoms with E-state index in [9.17, 15) is 10.1 Å². The van der Waals surface area contributed by atoms with Crippen LogP contribution in [0.1, 0.15) is 45.1 Å². The molecular weight excluding hydrogens is 228 g/mol. The van der Waals surface area contributed by atoms with Crippen LogP contribution in [-0.2, 0) is 0 Å². The Morgan fingerprint density at radius 2 is 2.11 bits per heavy atom. The van der Waals surface area contributed by atoms with Crippen molar-refractivity contribution in [3.05, 3.63) is 33.9 Å². The van der Waals surface area contributed by atoms with Gasteiger partial charge in [-0.3, -0.25) is 10.1 Å². The smallest absolute Gasteiger partial charge is 0.292 e. The number of aryl methyl sites for hydroxylation is 1. The van der Waals surface area contributed by atoms with Crippen LogP contribution in [-0.4, -0.2) is 11.0 Å². The van der Waals surface area contributed by atoms with Gasteiger partial charge in [-0.15, -0.1) is 0 Å². The van der Waals surface area contributed by atoms with Gasteiger partial charge < -0.3 is 5.32 Å². The second kappa shape index (κ2) is 6.99. The van der Waals surface area contributed by atoms with E-state index in [-0.39, 0.29) is 16.7 Å². The first kappa shape index (κ1) is 14.5. The number of hydrogen-bond acceptors (Lipinski definition) is 3. The first-order valence-corrected chi connectivity index (χ1v) is 6.56. The number of nitrogens with one attached hydrogen (secondary N) is 1. The van der Waals surface area contributed by atoms with E-state index >= 15 is 0 Å². The molecule has 0 heterocycles. The Morgan fingerprint density at radius 3 is 2.72 bits per heavy atom. The third-order valence-corrected chi connectivity index (χ3v) is 2.99. The molecule has 0 saturated heterocycles. The molecule has 0 bridgehead atoms. The maximum Gasteiger partial charge on any atom is 0.292 e. The summed E-state index contributed by atoms with van der Waals surface area (Å²) in [7, 11) is 0. The second-order valence-corrected chi connectivity index (χ2v) is 4.82. The number of anilines is 1. The van der Waals surface area contributed by atoms with Crippen molar-refractivity contribution >= 4 is 11.4 Å². The van der Waals surface area contributed by atoms with Gasteiger partial charge in [0.05, 0.1) is 4.92 Å². The van der Waals surface area contributed by atoms with Crippen molar-refractivity contribution in [1.29, 1.82) is 0 Å². The average Bonchev–Trinajstić information content (AvgIpc) is 2.31. The van der Waals surface area contributed by atoms with Crippen molar-refractivity contribution in [2.24, 2.45) is 0 Å². The summed E-state index contributed by atoms with van der Waals surface area (Å²) in [5.74, 6) is 0. The standard InChI is InChI=1S/C14H22N2O2/c1-4-5-6-7-12(3)15-13-9-8-11(2)10-14(13)16(17)18/h8-10,12,15H,4-7H2,1-3H3. The molecule has 0 aliphatic rings. The Bertz CT molecular complexity index is 405. The molecule has 18 heavy (non-hydrogen) atoms. The van der Waals surface area contributed by atoms with Crippen LogP contribution < -0.4 is 5.32 Å². The van der Waals surface area contributed by atoms with Gasteiger partial charge in [0.15, 0.2) is 0 Å². The van der Waals surface area contributed by atoms with Crippen LogP contribution in [0.25, 0.3) is 0 Å². The van der Waals surface area contributed by atoms with E-state index in [0.717, 1.165) is 18.4 Å². The van der Waals surface area contributed by atoms with E-state index < -0.39 is 0 Å². The van der Waals surface area contributed by atoms with Gasteiger partial charge in [0, 0.05) is 12.1 Å². The molecule has 1 atom stereocenters. The monoisotopic (exact) mass is 250 g/mol. The van der Waals surface area contributed by atoms with E-state index in [1.165, 1.54) is 12.8 Å². The molecule has 0 aliphatic heterocycles. The van der Waals surface area contributed by atoms with E-state index in [4.69, 9.17) is 0 Å². The summed E-state index contributed by atoms with van der Waals surface area (Å²) in [4.78, 5) is 10.7. The molecule has 0 aromatic heterocycles. The van der Waals surface area contributed by atoms with Gasteiger partial charge in [-0.2, -0.15) is 0 Å². The van der Waals surface area contributed by atoms with Crippen LogP contribution in [0.4, 0.5) is 11.4 Å². The normalized spacial score (nSPS) is 12.2. The zero-order chi connectivity index (χ0) is 13.5. The van der Waals surface area contributed by atoms with Crippen molar-refractivity contribution in [2.75, 3.05) is 5.32 Å². The molecule has 4 heteroatoms. The van der Waals surface area contributed by atoms with Gasteiger partial charge in [-0.1, -0.05) is 32.3 Å². The summed E-state index contributed by atoms with van der Waals surface area (Å²) >= 11 is 0. The lowest BCUT2D eigenvalue weighted by Gasteiger charge is -2.15. The van der Waals surface area contributed by atoms with Crippen LogP contribution >= 0.6 is 0 Å². The Labute approximate surface area is 109 Å². The first-order chi connectivity index (χ1) is 8.54. The van der Waals surface area contributed by atoms with Gasteiger partial charge in [0.1, 0.15) is 5.69 Å². The van der Waals surface area contributed by atoms with Gasteiger partial charge in [0.2, 0.25) is 0 Å². The number of unbranched alkanes of at least 4 members (excludes halogenated alkanes) is 2. The molecule has 1 aromatic rings. The fourth-order valence-electron chi connectivity index (χ4n) is 1.95. The SMILES string of the molecule is CCCCCC(C)Nc1ccc(C)cc1[N+](=O)[O-]. The number of nitrogens with zero attached hydrogens (tertiary/aromatic N) is 1. The maximum absolute atomic E-state index is 11.0. The molecule has 0 spiro atoms. The highest BCUT2D eigenvalue weighted by molar-refractivity contribution is 5.62. The predicted molar refractivity (Wildman–Crippen MR) is 75.1 cm³/mol. The zero-order valence-corrected chi connectivity index (χ0v) is 11.4. The summed E-state index contributed by atoms with van der Waals surface area (Å²) in [5.41, 5.74) is 1.69. The minimum Gasteiger partial charge on any atom is -0.377 e. The number of benzene rings is 1. The molecule has 0 fully saturated rings. The fourth-order valence-corrected chi connectivity index (χ4v) is 1.95. The molecule has 4 nitrogen and oxygen atoms in total. The van der Waals surface area contributed by atoms with Crippen LogP contribution in [0.5, 0.6) is 0 Å². The predicted octanol–water partition coefficient (Wildman–Crippen LogP) is 4.28. The van der Waals surface area contributed by atoms with Crippen molar-refractivity contribution in [3.8, 4) is 0 Å². The van der Waals surface area contributed by atoms with E-state index in [2.05, 4.69) is 19.2 Å². The largest absolute Gasteiger partial charge is 0.377 e. The molecule has 100 valence electrons. The molecule has 1 rings (SSSR count). The van der Waals surface area contributed by atoms with E-state index in [0.29, 0.717) is 5.69 Å².